The lowest BCUT2D eigenvalue weighted by Gasteiger charge is -2.26. The number of halogens is 1. The van der Waals surface area contributed by atoms with Gasteiger partial charge < -0.3 is 67.5 Å². The van der Waals surface area contributed by atoms with Gasteiger partial charge in [-0.1, -0.05) is 149 Å². The first-order chi connectivity index (χ1) is 47.6. The highest BCUT2D eigenvalue weighted by Crippen LogP contribution is 2.40. The molecule has 12 rings (SSSR count). The van der Waals surface area contributed by atoms with E-state index in [1.165, 1.54) is 27.8 Å². The average molecular weight is 1370 g/mol. The van der Waals surface area contributed by atoms with E-state index in [9.17, 15) is 0 Å². The van der Waals surface area contributed by atoms with Crippen molar-refractivity contribution >= 4 is 40.4 Å². The lowest BCUT2D eigenvalue weighted by molar-refractivity contribution is 0.283. The number of nitrogens with one attached hydrogen (secondary N) is 2. The first-order valence-corrected chi connectivity index (χ1v) is 32.9. The molecule has 504 valence electrons. The van der Waals surface area contributed by atoms with Crippen molar-refractivity contribution in [1.82, 2.24) is 10.6 Å². The average Bonchev–Trinajstić information content (AvgIpc) is 1.11. The Bertz CT molecular complexity index is 3910. The van der Waals surface area contributed by atoms with E-state index in [2.05, 4.69) is 123 Å². The van der Waals surface area contributed by atoms with E-state index in [1.807, 2.05) is 128 Å². The predicted molar refractivity (Wildman–Crippen MR) is 391 cm³/mol. The molecule has 2 unspecified atom stereocenters. The Morgan fingerprint density at radius 1 is 0.361 bits per heavy atom. The van der Waals surface area contributed by atoms with Gasteiger partial charge in [-0.2, -0.15) is 0 Å². The van der Waals surface area contributed by atoms with Gasteiger partial charge in [0.25, 0.3) is 0 Å². The van der Waals surface area contributed by atoms with Crippen LogP contribution in [-0.2, 0) is 39.1 Å². The highest BCUT2D eigenvalue weighted by Gasteiger charge is 2.24. The fraction of sp³-hybridized carbons (Fsp3) is 0.247. The van der Waals surface area contributed by atoms with E-state index in [-0.39, 0.29) is 12.1 Å². The molecule has 0 amide bonds. The molecule has 0 spiro atoms. The second-order valence-electron chi connectivity index (χ2n) is 22.4. The van der Waals surface area contributed by atoms with Crippen molar-refractivity contribution < 1.29 is 56.8 Å². The molecule has 3 aliphatic heterocycles. The summed E-state index contributed by atoms with van der Waals surface area (Å²) < 4.78 is 66.6. The van der Waals surface area contributed by atoms with Crippen LogP contribution in [0.3, 0.4) is 0 Å². The molecule has 0 radical (unpaired) electrons. The summed E-state index contributed by atoms with van der Waals surface area (Å²) in [5.74, 6) is 8.96. The van der Waals surface area contributed by atoms with Gasteiger partial charge in [0.05, 0.1) is 76.1 Å². The molecule has 9 aromatic carbocycles. The Morgan fingerprint density at radius 2 is 0.701 bits per heavy atom. The highest BCUT2D eigenvalue weighted by molar-refractivity contribution is 9.11. The standard InChI is InChI=1S/2C27H29NO4.C17H17NO2.C10H11BrO2/c2*1-29-24-12-10-19(15-25(24)30-2)9-11-23-22-17-26(31-3)27(16-21(22)13-14-28-23)32-18-20-7-5-4-6-8-20;1-19-16-10-15-11-18-8-7-14(15)9-17(16)20-12-13-5-3-2-4-6-13;1-12-9-4-3-8(5-6-11)7-10(9)13-2/h2*4-12,15-17,23,28H,13-14,18H2,1-3H3;2-6,9-11H,7-8,12H2,1H3;3-7H,1-2H3/b2*11-9+;;6-5+. The number of rotatable bonds is 23. The summed E-state index contributed by atoms with van der Waals surface area (Å²) in [7, 11) is 14.9. The van der Waals surface area contributed by atoms with Crippen LogP contribution in [0.25, 0.3) is 18.2 Å². The number of methoxy groups -OCH3 is 9. The van der Waals surface area contributed by atoms with Gasteiger partial charge in [-0.15, -0.1) is 0 Å². The second kappa shape index (κ2) is 37.2. The van der Waals surface area contributed by atoms with Crippen LogP contribution in [0.1, 0.15) is 78.8 Å². The van der Waals surface area contributed by atoms with Crippen LogP contribution < -0.4 is 67.5 Å². The van der Waals surface area contributed by atoms with Gasteiger partial charge in [0.1, 0.15) is 19.8 Å². The fourth-order valence-electron chi connectivity index (χ4n) is 11.2. The molecule has 0 saturated carbocycles. The maximum Gasteiger partial charge on any atom is 0.161 e. The maximum absolute atomic E-state index is 6.10. The van der Waals surface area contributed by atoms with Gasteiger partial charge in [-0.25, -0.2) is 0 Å². The van der Waals surface area contributed by atoms with E-state index < -0.39 is 0 Å². The van der Waals surface area contributed by atoms with Crippen molar-refractivity contribution in [2.24, 2.45) is 4.99 Å². The molecule has 15 nitrogen and oxygen atoms in total. The van der Waals surface area contributed by atoms with Gasteiger partial charge in [0.15, 0.2) is 69.0 Å². The van der Waals surface area contributed by atoms with Crippen molar-refractivity contribution in [1.29, 1.82) is 0 Å². The van der Waals surface area contributed by atoms with E-state index in [1.54, 1.807) is 69.0 Å². The smallest absolute Gasteiger partial charge is 0.161 e. The van der Waals surface area contributed by atoms with Gasteiger partial charge in [0, 0.05) is 25.8 Å². The molecule has 0 fully saturated rings. The van der Waals surface area contributed by atoms with Crippen LogP contribution in [0, 0.1) is 0 Å². The third-order valence-corrected chi connectivity index (χ3v) is 16.6. The lowest BCUT2D eigenvalue weighted by atomic mass is 9.93. The number of benzene rings is 9. The van der Waals surface area contributed by atoms with E-state index in [4.69, 9.17) is 56.8 Å². The van der Waals surface area contributed by atoms with E-state index in [0.29, 0.717) is 31.3 Å². The Hall–Kier alpha value is -10.1. The lowest BCUT2D eigenvalue weighted by Crippen LogP contribution is -2.28. The number of fused-ring (bicyclic) bond motifs is 3. The second-order valence-corrected chi connectivity index (χ2v) is 23.0. The zero-order valence-electron chi connectivity index (χ0n) is 56.6. The number of hydrogen-bond acceptors (Lipinski definition) is 15. The zero-order valence-corrected chi connectivity index (χ0v) is 58.2. The summed E-state index contributed by atoms with van der Waals surface area (Å²) in [5.41, 5.74) is 13.9. The quantitative estimate of drug-likeness (QED) is 0.0626. The summed E-state index contributed by atoms with van der Waals surface area (Å²) in [6.07, 6.45) is 15.2. The molecular weight excluding hydrogens is 1290 g/mol. The molecule has 0 aromatic heterocycles. The Balaban J connectivity index is 0.000000159. The van der Waals surface area contributed by atoms with E-state index in [0.717, 1.165) is 135 Å². The van der Waals surface area contributed by atoms with Gasteiger partial charge in [-0.05, 0) is 170 Å². The molecular formula is C81H86BrN3O12. The third-order valence-electron chi connectivity index (χ3n) is 16.4. The van der Waals surface area contributed by atoms with Crippen LogP contribution in [0.5, 0.6) is 69.0 Å². The van der Waals surface area contributed by atoms with Crippen molar-refractivity contribution in [3.63, 3.8) is 0 Å². The molecule has 0 aliphatic carbocycles. The monoisotopic (exact) mass is 1370 g/mol. The topological polar surface area (TPSA) is 147 Å². The Morgan fingerprint density at radius 3 is 1.06 bits per heavy atom. The Labute approximate surface area is 579 Å². The van der Waals surface area contributed by atoms with Crippen LogP contribution in [-0.4, -0.2) is 89.8 Å². The van der Waals surface area contributed by atoms with E-state index >= 15 is 0 Å². The molecule has 0 saturated heterocycles. The van der Waals surface area contributed by atoms with Crippen molar-refractivity contribution in [2.75, 3.05) is 83.6 Å². The molecule has 2 atom stereocenters. The normalized spacial score (nSPS) is 14.1. The number of ether oxygens (including phenoxy) is 12. The molecule has 9 aromatic rings. The largest absolute Gasteiger partial charge is 0.493 e. The van der Waals surface area contributed by atoms with Gasteiger partial charge in [-0.3, -0.25) is 4.99 Å². The SMILES string of the molecule is COc1cc2c(cc1OCc1ccccc1)CCN=C2.COc1ccc(/C=C/Br)cc1OC.COc1ccc(/C=C/C2NCCc3cc(OCc4ccccc4)c(OC)cc32)cc1OC.COc1ccc(/C=C/C2NCCc3cc(OCc4ccccc4)c(OC)cc32)cc1OC. The highest BCUT2D eigenvalue weighted by atomic mass is 79.9. The first-order valence-electron chi connectivity index (χ1n) is 32.0. The molecule has 2 N–H and O–H groups in total. The predicted octanol–water partition coefficient (Wildman–Crippen LogP) is 16.7. The van der Waals surface area contributed by atoms with Crippen molar-refractivity contribution in [3.05, 3.63) is 266 Å². The van der Waals surface area contributed by atoms with Crippen LogP contribution in [0.15, 0.2) is 204 Å². The van der Waals surface area contributed by atoms with Crippen molar-refractivity contribution in [3.8, 4) is 69.0 Å². The summed E-state index contributed by atoms with van der Waals surface area (Å²) in [6.45, 7) is 4.21. The minimum Gasteiger partial charge on any atom is -0.493 e. The summed E-state index contributed by atoms with van der Waals surface area (Å²) >= 11 is 3.22. The van der Waals surface area contributed by atoms with Crippen molar-refractivity contribution in [2.45, 2.75) is 51.2 Å². The number of hydrogen-bond donors (Lipinski definition) is 2. The number of aliphatic imine (C=N–C) groups is 1. The molecule has 97 heavy (non-hydrogen) atoms. The fourth-order valence-corrected chi connectivity index (χ4v) is 11.5. The molecule has 3 aliphatic rings. The minimum absolute atomic E-state index is 0.0870. The molecule has 0 bridgehead atoms. The Kier molecular flexibility index (Phi) is 27.3. The van der Waals surface area contributed by atoms with Crippen LogP contribution in [0.4, 0.5) is 0 Å². The number of nitrogens with zero attached hydrogens (tertiary/aromatic N) is 1. The van der Waals surface area contributed by atoms with Gasteiger partial charge in [0.2, 0.25) is 0 Å². The van der Waals surface area contributed by atoms with Crippen LogP contribution in [0.2, 0.25) is 0 Å². The molecule has 3 heterocycles. The van der Waals surface area contributed by atoms with Gasteiger partial charge >= 0.3 is 0 Å². The summed E-state index contributed by atoms with van der Waals surface area (Å²) in [5, 5.41) is 7.17. The zero-order chi connectivity index (χ0) is 68.1. The minimum atomic E-state index is 0.0870. The third kappa shape index (κ3) is 20.0. The summed E-state index contributed by atoms with van der Waals surface area (Å²) in [4.78, 5) is 6.10. The summed E-state index contributed by atoms with van der Waals surface area (Å²) in [6, 6.07) is 60.7. The molecule has 16 heteroatoms. The first kappa shape index (κ1) is 71.2. The van der Waals surface area contributed by atoms with Crippen LogP contribution >= 0.6 is 15.9 Å². The maximum atomic E-state index is 6.10.